The van der Waals surface area contributed by atoms with Crippen LogP contribution >= 0.6 is 0 Å². The first-order chi connectivity index (χ1) is 12.1. The molecule has 0 bridgehead atoms. The van der Waals surface area contributed by atoms with Gasteiger partial charge >= 0.3 is 5.97 Å². The fourth-order valence-corrected chi connectivity index (χ4v) is 3.26. The molecular formula is C19H26O6. The summed E-state index contributed by atoms with van der Waals surface area (Å²) in [4.78, 5) is 10.9. The van der Waals surface area contributed by atoms with Gasteiger partial charge in [-0.15, -0.1) is 0 Å². The second-order valence-corrected chi connectivity index (χ2v) is 5.76. The summed E-state index contributed by atoms with van der Waals surface area (Å²) in [5.41, 5.74) is 3.40. The van der Waals surface area contributed by atoms with Crippen LogP contribution in [0.1, 0.15) is 30.9 Å². The molecule has 0 fully saturated rings. The molecule has 0 spiro atoms. The number of carbonyl (C=O) groups is 1. The summed E-state index contributed by atoms with van der Waals surface area (Å²) in [5, 5.41) is 0. The van der Waals surface area contributed by atoms with E-state index in [9.17, 15) is 4.79 Å². The summed E-state index contributed by atoms with van der Waals surface area (Å²) in [6.07, 6.45) is 5.30. The topological polar surface area (TPSA) is 63.2 Å². The predicted octanol–water partition coefficient (Wildman–Crippen LogP) is 3.09. The largest absolute Gasteiger partial charge is 0.492 e. The first kappa shape index (κ1) is 19.0. The minimum atomic E-state index is -0.272. The van der Waals surface area contributed by atoms with E-state index in [-0.39, 0.29) is 5.97 Å². The maximum atomic E-state index is 10.9. The lowest BCUT2D eigenvalue weighted by molar-refractivity contribution is -0.139. The molecule has 6 nitrogen and oxygen atoms in total. The van der Waals surface area contributed by atoms with Crippen LogP contribution in [0.25, 0.3) is 0 Å². The number of carbonyl (C=O) groups excluding carboxylic acids is 1. The summed E-state index contributed by atoms with van der Waals surface area (Å²) in [7, 11) is 6.44. The molecule has 0 aliphatic heterocycles. The Labute approximate surface area is 148 Å². The SMILES string of the molecule is COc1c2c(c(OC)c(OC)c1OC)CCC(=CCOC(C)=O)CC2. The summed E-state index contributed by atoms with van der Waals surface area (Å²) < 4.78 is 27.3. The number of ether oxygens (including phenoxy) is 5. The van der Waals surface area contributed by atoms with E-state index in [4.69, 9.17) is 23.7 Å². The average molecular weight is 350 g/mol. The first-order valence-corrected chi connectivity index (χ1v) is 8.26. The molecule has 1 aliphatic rings. The highest BCUT2D eigenvalue weighted by Gasteiger charge is 2.28. The van der Waals surface area contributed by atoms with Gasteiger partial charge in [-0.2, -0.15) is 0 Å². The van der Waals surface area contributed by atoms with Gasteiger partial charge in [0.15, 0.2) is 11.5 Å². The third-order valence-electron chi connectivity index (χ3n) is 4.40. The Kier molecular flexibility index (Phi) is 6.56. The van der Waals surface area contributed by atoms with Gasteiger partial charge in [0.05, 0.1) is 28.4 Å². The third kappa shape index (κ3) is 4.00. The molecule has 0 aromatic heterocycles. The lowest BCUT2D eigenvalue weighted by Crippen LogP contribution is -2.05. The molecule has 2 rings (SSSR count). The first-order valence-electron chi connectivity index (χ1n) is 8.26. The smallest absolute Gasteiger partial charge is 0.302 e. The molecule has 0 N–H and O–H groups in total. The number of benzene rings is 1. The van der Waals surface area contributed by atoms with Gasteiger partial charge in [-0.3, -0.25) is 4.79 Å². The third-order valence-corrected chi connectivity index (χ3v) is 4.40. The quantitative estimate of drug-likeness (QED) is 0.446. The average Bonchev–Trinajstić information content (AvgIpc) is 2.82. The van der Waals surface area contributed by atoms with E-state index in [1.807, 2.05) is 6.08 Å². The van der Waals surface area contributed by atoms with E-state index in [0.29, 0.717) is 29.6 Å². The Bertz CT molecular complexity index is 618. The summed E-state index contributed by atoms with van der Waals surface area (Å²) >= 11 is 0. The lowest BCUT2D eigenvalue weighted by Gasteiger charge is -2.21. The van der Waals surface area contributed by atoms with Gasteiger partial charge in [-0.25, -0.2) is 0 Å². The van der Waals surface area contributed by atoms with E-state index in [0.717, 1.165) is 36.8 Å². The van der Waals surface area contributed by atoms with Crippen LogP contribution in [0.2, 0.25) is 0 Å². The van der Waals surface area contributed by atoms with Crippen LogP contribution in [0.15, 0.2) is 11.6 Å². The highest BCUT2D eigenvalue weighted by Crippen LogP contribution is 2.51. The number of esters is 1. The molecule has 6 heteroatoms. The monoisotopic (exact) mass is 350 g/mol. The second-order valence-electron chi connectivity index (χ2n) is 5.76. The van der Waals surface area contributed by atoms with Crippen LogP contribution in [-0.2, 0) is 22.4 Å². The van der Waals surface area contributed by atoms with Gasteiger partial charge in [0.25, 0.3) is 0 Å². The number of rotatable bonds is 6. The zero-order valence-corrected chi connectivity index (χ0v) is 15.6. The number of hydrogen-bond acceptors (Lipinski definition) is 6. The molecule has 0 radical (unpaired) electrons. The van der Waals surface area contributed by atoms with Crippen LogP contribution in [0.4, 0.5) is 0 Å². The minimum Gasteiger partial charge on any atom is -0.492 e. The molecule has 138 valence electrons. The van der Waals surface area contributed by atoms with E-state index in [1.54, 1.807) is 28.4 Å². The van der Waals surface area contributed by atoms with Crippen LogP contribution < -0.4 is 18.9 Å². The lowest BCUT2D eigenvalue weighted by atomic mass is 9.99. The van der Waals surface area contributed by atoms with Crippen LogP contribution in [-0.4, -0.2) is 41.0 Å². The van der Waals surface area contributed by atoms with Gasteiger partial charge in [0.2, 0.25) is 11.5 Å². The number of methoxy groups -OCH3 is 4. The van der Waals surface area contributed by atoms with Crippen molar-refractivity contribution in [1.29, 1.82) is 0 Å². The maximum absolute atomic E-state index is 10.9. The summed E-state index contributed by atoms with van der Waals surface area (Å²) in [6.45, 7) is 1.72. The highest BCUT2D eigenvalue weighted by molar-refractivity contribution is 5.68. The van der Waals surface area contributed by atoms with Crippen molar-refractivity contribution in [2.24, 2.45) is 0 Å². The Morgan fingerprint density at radius 3 is 1.60 bits per heavy atom. The van der Waals surface area contributed by atoms with Crippen molar-refractivity contribution >= 4 is 5.97 Å². The molecule has 0 heterocycles. The highest BCUT2D eigenvalue weighted by atomic mass is 16.5. The van der Waals surface area contributed by atoms with Gasteiger partial charge in [0, 0.05) is 18.1 Å². The molecule has 25 heavy (non-hydrogen) atoms. The molecule has 0 saturated heterocycles. The Hall–Kier alpha value is -2.37. The summed E-state index contributed by atoms with van der Waals surface area (Å²) in [5.74, 6) is 2.21. The molecule has 0 saturated carbocycles. The fraction of sp³-hybridized carbons (Fsp3) is 0.526. The Morgan fingerprint density at radius 2 is 1.24 bits per heavy atom. The number of fused-ring (bicyclic) bond motifs is 1. The maximum Gasteiger partial charge on any atom is 0.302 e. The molecule has 0 unspecified atom stereocenters. The van der Waals surface area contributed by atoms with Gasteiger partial charge in [-0.1, -0.05) is 5.57 Å². The summed E-state index contributed by atoms with van der Waals surface area (Å²) in [6, 6.07) is 0. The van der Waals surface area contributed by atoms with Gasteiger partial charge in [0.1, 0.15) is 6.61 Å². The molecule has 1 aromatic rings. The zero-order valence-electron chi connectivity index (χ0n) is 15.6. The minimum absolute atomic E-state index is 0.272. The normalized spacial score (nSPS) is 13.4. The van der Waals surface area contributed by atoms with Crippen LogP contribution in [0.5, 0.6) is 23.0 Å². The molecular weight excluding hydrogens is 324 g/mol. The zero-order chi connectivity index (χ0) is 18.4. The van der Waals surface area contributed by atoms with Crippen LogP contribution in [0, 0.1) is 0 Å². The van der Waals surface area contributed by atoms with Crippen molar-refractivity contribution in [3.8, 4) is 23.0 Å². The fourth-order valence-electron chi connectivity index (χ4n) is 3.26. The van der Waals surface area contributed by atoms with Crippen LogP contribution in [0.3, 0.4) is 0 Å². The standard InChI is InChI=1S/C19H26O6/c1-12(20)25-11-10-13-6-8-14-15(9-7-13)17(22-3)19(24-5)18(23-4)16(14)21-2/h10H,6-9,11H2,1-5H3. The van der Waals surface area contributed by atoms with Crippen molar-refractivity contribution in [2.75, 3.05) is 35.0 Å². The van der Waals surface area contributed by atoms with Gasteiger partial charge in [-0.05, 0) is 31.8 Å². The molecule has 0 amide bonds. The molecule has 1 aromatic carbocycles. The van der Waals surface area contributed by atoms with Gasteiger partial charge < -0.3 is 23.7 Å². The van der Waals surface area contributed by atoms with Crippen molar-refractivity contribution in [2.45, 2.75) is 32.6 Å². The Balaban J connectivity index is 2.42. The van der Waals surface area contributed by atoms with E-state index >= 15 is 0 Å². The second kappa shape index (κ2) is 8.65. The van der Waals surface area contributed by atoms with E-state index in [1.165, 1.54) is 12.5 Å². The van der Waals surface area contributed by atoms with Crippen molar-refractivity contribution in [1.82, 2.24) is 0 Å². The molecule has 1 aliphatic carbocycles. The number of hydrogen-bond donors (Lipinski definition) is 0. The molecule has 0 atom stereocenters. The predicted molar refractivity (Wildman–Crippen MR) is 94.0 cm³/mol. The van der Waals surface area contributed by atoms with Crippen molar-refractivity contribution < 1.29 is 28.5 Å². The number of allylic oxidation sites excluding steroid dienone is 1. The van der Waals surface area contributed by atoms with Crippen molar-refractivity contribution in [3.63, 3.8) is 0 Å². The van der Waals surface area contributed by atoms with Crippen molar-refractivity contribution in [3.05, 3.63) is 22.8 Å². The van der Waals surface area contributed by atoms with E-state index in [2.05, 4.69) is 0 Å². The van der Waals surface area contributed by atoms with E-state index < -0.39 is 0 Å². The Morgan fingerprint density at radius 1 is 0.800 bits per heavy atom.